The second-order valence-corrected chi connectivity index (χ2v) is 3.48. The van der Waals surface area contributed by atoms with Gasteiger partial charge >= 0.3 is 0 Å². The van der Waals surface area contributed by atoms with Gasteiger partial charge in [-0.05, 0) is 6.92 Å². The molecule has 9 heavy (non-hydrogen) atoms. The van der Waals surface area contributed by atoms with E-state index in [1.807, 2.05) is 6.92 Å². The molecule has 1 unspecified atom stereocenters. The maximum absolute atomic E-state index is 5.22. The Bertz CT molecular complexity index is 85.1. The smallest absolute Gasteiger partial charge is 0.149 e. The van der Waals surface area contributed by atoms with Crippen molar-refractivity contribution in [3.8, 4) is 0 Å². The molecule has 0 spiro atoms. The molecule has 1 atom stereocenters. The van der Waals surface area contributed by atoms with Gasteiger partial charge in [0.15, 0.2) is 0 Å². The summed E-state index contributed by atoms with van der Waals surface area (Å²) in [5.41, 5.74) is 1.07. The highest BCUT2D eigenvalue weighted by atomic mass is 32.2. The molecule has 53 valence electrons. The molecule has 0 N–H and O–H groups in total. The summed E-state index contributed by atoms with van der Waals surface area (Å²) in [5, 5.41) is 0.523. The number of hydrogen-bond acceptors (Lipinski definition) is 3. The Balaban J connectivity index is 2.14. The molecule has 0 saturated carbocycles. The Labute approximate surface area is 59.9 Å². The number of hydrogen-bond donors (Lipinski definition) is 0. The van der Waals surface area contributed by atoms with Crippen molar-refractivity contribution in [3.05, 3.63) is 5.44 Å². The first-order valence-corrected chi connectivity index (χ1v) is 3.83. The SMILES string of the molecule is COCC1CO[C](C)S1. The zero-order chi connectivity index (χ0) is 6.69. The summed E-state index contributed by atoms with van der Waals surface area (Å²) in [7, 11) is 1.72. The van der Waals surface area contributed by atoms with Crippen molar-refractivity contribution in [1.82, 2.24) is 0 Å². The fraction of sp³-hybridized carbons (Fsp3) is 0.833. The Kier molecular flexibility index (Phi) is 2.82. The molecular weight excluding hydrogens is 136 g/mol. The van der Waals surface area contributed by atoms with E-state index in [-0.39, 0.29) is 0 Å². The molecule has 0 aromatic heterocycles. The van der Waals surface area contributed by atoms with E-state index < -0.39 is 0 Å². The monoisotopic (exact) mass is 147 g/mol. The van der Waals surface area contributed by atoms with Crippen molar-refractivity contribution < 1.29 is 9.47 Å². The molecule has 0 aromatic rings. The van der Waals surface area contributed by atoms with Crippen molar-refractivity contribution >= 4 is 11.8 Å². The number of ether oxygens (including phenoxy) is 2. The lowest BCUT2D eigenvalue weighted by Crippen LogP contribution is -2.10. The fourth-order valence-corrected chi connectivity index (χ4v) is 1.73. The Hall–Kier alpha value is 0.270. The van der Waals surface area contributed by atoms with Crippen LogP contribution in [0.2, 0.25) is 0 Å². The van der Waals surface area contributed by atoms with Crippen LogP contribution >= 0.6 is 11.8 Å². The van der Waals surface area contributed by atoms with Crippen molar-refractivity contribution in [2.45, 2.75) is 12.2 Å². The molecule has 1 saturated heterocycles. The molecule has 0 bridgehead atoms. The van der Waals surface area contributed by atoms with Crippen LogP contribution in [0.4, 0.5) is 0 Å². The summed E-state index contributed by atoms with van der Waals surface area (Å²) in [6.07, 6.45) is 0. The third kappa shape index (κ3) is 2.16. The zero-order valence-corrected chi connectivity index (χ0v) is 6.53. The predicted molar refractivity (Wildman–Crippen MR) is 38.1 cm³/mol. The van der Waals surface area contributed by atoms with Gasteiger partial charge in [-0.2, -0.15) is 0 Å². The summed E-state index contributed by atoms with van der Waals surface area (Å²) in [6, 6.07) is 0. The van der Waals surface area contributed by atoms with Gasteiger partial charge in [0.25, 0.3) is 0 Å². The highest BCUT2D eigenvalue weighted by molar-refractivity contribution is 8.02. The summed E-state index contributed by atoms with van der Waals surface area (Å²) in [4.78, 5) is 0. The highest BCUT2D eigenvalue weighted by Gasteiger charge is 2.22. The maximum atomic E-state index is 5.22. The Morgan fingerprint density at radius 1 is 1.89 bits per heavy atom. The van der Waals surface area contributed by atoms with Gasteiger partial charge in [0.1, 0.15) is 5.44 Å². The summed E-state index contributed by atoms with van der Waals surface area (Å²) >= 11 is 1.76. The number of methoxy groups -OCH3 is 1. The molecule has 2 nitrogen and oxygen atoms in total. The Morgan fingerprint density at radius 3 is 3.11 bits per heavy atom. The molecular formula is C6H11O2S. The summed E-state index contributed by atoms with van der Waals surface area (Å²) < 4.78 is 10.2. The molecule has 1 heterocycles. The molecule has 1 fully saturated rings. The van der Waals surface area contributed by atoms with Crippen molar-refractivity contribution in [2.75, 3.05) is 20.3 Å². The Morgan fingerprint density at radius 2 is 2.67 bits per heavy atom. The summed E-state index contributed by atoms with van der Waals surface area (Å²) in [5.74, 6) is 0. The zero-order valence-electron chi connectivity index (χ0n) is 5.72. The van der Waals surface area contributed by atoms with Gasteiger partial charge < -0.3 is 9.47 Å². The minimum atomic E-state index is 0.523. The molecule has 0 aromatic carbocycles. The van der Waals surface area contributed by atoms with Crippen LogP contribution in [0.15, 0.2) is 0 Å². The molecule has 1 rings (SSSR count). The average molecular weight is 147 g/mol. The van der Waals surface area contributed by atoms with E-state index in [9.17, 15) is 0 Å². The van der Waals surface area contributed by atoms with Crippen LogP contribution in [0.25, 0.3) is 0 Å². The third-order valence-corrected chi connectivity index (χ3v) is 2.21. The highest BCUT2D eigenvalue weighted by Crippen LogP contribution is 2.32. The van der Waals surface area contributed by atoms with Crippen LogP contribution in [0.5, 0.6) is 0 Å². The van der Waals surface area contributed by atoms with Gasteiger partial charge in [0, 0.05) is 7.11 Å². The van der Waals surface area contributed by atoms with E-state index in [1.54, 1.807) is 18.9 Å². The van der Waals surface area contributed by atoms with Crippen LogP contribution in [-0.2, 0) is 9.47 Å². The molecule has 0 amide bonds. The van der Waals surface area contributed by atoms with Crippen molar-refractivity contribution in [2.24, 2.45) is 0 Å². The largest absolute Gasteiger partial charge is 0.383 e. The third-order valence-electron chi connectivity index (χ3n) is 1.16. The topological polar surface area (TPSA) is 18.5 Å². The van der Waals surface area contributed by atoms with Gasteiger partial charge in [-0.15, -0.1) is 11.8 Å². The van der Waals surface area contributed by atoms with Crippen LogP contribution in [0, 0.1) is 5.44 Å². The predicted octanol–water partition coefficient (Wildman–Crippen LogP) is 1.27. The molecule has 1 aliphatic heterocycles. The van der Waals surface area contributed by atoms with Gasteiger partial charge in [0.2, 0.25) is 0 Å². The van der Waals surface area contributed by atoms with E-state index in [0.29, 0.717) is 5.25 Å². The molecule has 1 radical (unpaired) electrons. The van der Waals surface area contributed by atoms with Crippen molar-refractivity contribution in [1.29, 1.82) is 0 Å². The average Bonchev–Trinajstić information content (AvgIpc) is 2.17. The second kappa shape index (κ2) is 3.44. The molecule has 1 aliphatic rings. The van der Waals surface area contributed by atoms with Crippen LogP contribution in [-0.4, -0.2) is 25.6 Å². The van der Waals surface area contributed by atoms with Gasteiger partial charge in [-0.25, -0.2) is 0 Å². The lowest BCUT2D eigenvalue weighted by Gasteiger charge is -2.02. The number of thioether (sulfide) groups is 1. The first-order valence-electron chi connectivity index (χ1n) is 2.95. The lowest BCUT2D eigenvalue weighted by molar-refractivity contribution is 0.156. The van der Waals surface area contributed by atoms with Crippen LogP contribution in [0.1, 0.15) is 6.92 Å². The number of rotatable bonds is 2. The van der Waals surface area contributed by atoms with Crippen molar-refractivity contribution in [3.63, 3.8) is 0 Å². The van der Waals surface area contributed by atoms with E-state index in [0.717, 1.165) is 18.6 Å². The van der Waals surface area contributed by atoms with E-state index in [2.05, 4.69) is 0 Å². The maximum Gasteiger partial charge on any atom is 0.149 e. The van der Waals surface area contributed by atoms with Gasteiger partial charge in [-0.3, -0.25) is 0 Å². The van der Waals surface area contributed by atoms with E-state index in [4.69, 9.17) is 9.47 Å². The normalized spacial score (nSPS) is 29.3. The van der Waals surface area contributed by atoms with Crippen LogP contribution < -0.4 is 0 Å². The minimum absolute atomic E-state index is 0.523. The standard InChI is InChI=1S/C6H11O2S/c1-5-8-4-6(9-5)3-7-2/h6H,3-4H2,1-2H3. The van der Waals surface area contributed by atoms with Gasteiger partial charge in [0.05, 0.1) is 18.5 Å². The van der Waals surface area contributed by atoms with Gasteiger partial charge in [-0.1, -0.05) is 0 Å². The summed E-state index contributed by atoms with van der Waals surface area (Å²) in [6.45, 7) is 3.59. The first kappa shape index (κ1) is 7.38. The van der Waals surface area contributed by atoms with E-state index >= 15 is 0 Å². The lowest BCUT2D eigenvalue weighted by atomic mass is 10.5. The van der Waals surface area contributed by atoms with E-state index in [1.165, 1.54) is 0 Å². The fourth-order valence-electron chi connectivity index (χ4n) is 0.781. The minimum Gasteiger partial charge on any atom is -0.383 e. The first-order chi connectivity index (χ1) is 4.33. The quantitative estimate of drug-likeness (QED) is 0.586. The molecule has 0 aliphatic carbocycles. The molecule has 3 heteroatoms. The second-order valence-electron chi connectivity index (χ2n) is 2.00. The van der Waals surface area contributed by atoms with Crippen LogP contribution in [0.3, 0.4) is 0 Å².